The van der Waals surface area contributed by atoms with E-state index in [1.807, 2.05) is 0 Å². The lowest BCUT2D eigenvalue weighted by Crippen LogP contribution is -2.38. The highest BCUT2D eigenvalue weighted by Crippen LogP contribution is 2.27. The van der Waals surface area contributed by atoms with Crippen LogP contribution in [0.25, 0.3) is 0 Å². The number of aliphatic carboxylic acids is 1. The van der Waals surface area contributed by atoms with Gasteiger partial charge in [-0.25, -0.2) is 4.79 Å². The van der Waals surface area contributed by atoms with Gasteiger partial charge in [0.25, 0.3) is 0 Å². The first kappa shape index (κ1) is 18.3. The van der Waals surface area contributed by atoms with Crippen LogP contribution in [0, 0.1) is 0 Å². The summed E-state index contributed by atoms with van der Waals surface area (Å²) in [4.78, 5) is 33.3. The predicted molar refractivity (Wildman–Crippen MR) is 81.7 cm³/mol. The number of ketones is 1. The number of nitrogens with one attached hydrogen (secondary N) is 2. The van der Waals surface area contributed by atoms with Crippen molar-refractivity contribution in [3.63, 3.8) is 0 Å². The molecule has 8 nitrogen and oxygen atoms in total. The minimum Gasteiger partial charge on any atom is -0.493 e. The van der Waals surface area contributed by atoms with E-state index in [-0.39, 0.29) is 31.7 Å². The van der Waals surface area contributed by atoms with Crippen LogP contribution in [-0.2, 0) is 16.1 Å². The molecule has 0 aliphatic rings. The molecule has 0 radical (unpaired) electrons. The Hall–Kier alpha value is -2.77. The van der Waals surface area contributed by atoms with Crippen molar-refractivity contribution in [1.82, 2.24) is 10.6 Å². The van der Waals surface area contributed by atoms with Gasteiger partial charge in [0, 0.05) is 13.0 Å². The van der Waals surface area contributed by atoms with Crippen molar-refractivity contribution in [2.75, 3.05) is 20.8 Å². The smallest absolute Gasteiger partial charge is 0.315 e. The van der Waals surface area contributed by atoms with Gasteiger partial charge in [-0.15, -0.1) is 0 Å². The van der Waals surface area contributed by atoms with Gasteiger partial charge in [-0.3, -0.25) is 9.59 Å². The lowest BCUT2D eigenvalue weighted by Gasteiger charge is -2.10. The topological polar surface area (TPSA) is 114 Å². The second kappa shape index (κ2) is 9.29. The maximum Gasteiger partial charge on any atom is 0.315 e. The Morgan fingerprint density at radius 1 is 1.04 bits per heavy atom. The van der Waals surface area contributed by atoms with Crippen LogP contribution in [0.15, 0.2) is 18.2 Å². The van der Waals surface area contributed by atoms with Crippen molar-refractivity contribution in [2.45, 2.75) is 19.4 Å². The van der Waals surface area contributed by atoms with Crippen LogP contribution in [0.3, 0.4) is 0 Å². The fraction of sp³-hybridized carbons (Fsp3) is 0.400. The van der Waals surface area contributed by atoms with E-state index < -0.39 is 12.0 Å². The fourth-order valence-electron chi connectivity index (χ4n) is 1.75. The summed E-state index contributed by atoms with van der Waals surface area (Å²) in [6, 6.07) is 4.73. The van der Waals surface area contributed by atoms with E-state index >= 15 is 0 Å². The maximum atomic E-state index is 11.6. The number of urea groups is 1. The van der Waals surface area contributed by atoms with Gasteiger partial charge in [0.05, 0.1) is 27.2 Å². The average molecular weight is 324 g/mol. The van der Waals surface area contributed by atoms with Gasteiger partial charge in [0.1, 0.15) is 0 Å². The largest absolute Gasteiger partial charge is 0.493 e. The first-order valence-electron chi connectivity index (χ1n) is 6.92. The number of rotatable bonds is 9. The third-order valence-electron chi connectivity index (χ3n) is 2.96. The standard InChI is InChI=1S/C15H20N2O6/c1-22-12-5-3-10(7-13(12)23-2)8-16-15(21)17-9-11(18)4-6-14(19)20/h3,5,7H,4,6,8-9H2,1-2H3,(H,19,20)(H2,16,17,21). The number of ether oxygens (including phenoxy) is 2. The van der Waals surface area contributed by atoms with Gasteiger partial charge < -0.3 is 25.2 Å². The number of benzene rings is 1. The van der Waals surface area contributed by atoms with E-state index in [4.69, 9.17) is 14.6 Å². The van der Waals surface area contributed by atoms with E-state index in [9.17, 15) is 14.4 Å². The zero-order valence-corrected chi connectivity index (χ0v) is 13.0. The first-order chi connectivity index (χ1) is 11.0. The molecule has 8 heteroatoms. The highest BCUT2D eigenvalue weighted by Gasteiger charge is 2.09. The van der Waals surface area contributed by atoms with E-state index in [1.54, 1.807) is 18.2 Å². The molecule has 3 N–H and O–H groups in total. The summed E-state index contributed by atoms with van der Waals surface area (Å²) in [5.41, 5.74) is 0.801. The van der Waals surface area contributed by atoms with Crippen LogP contribution >= 0.6 is 0 Å². The summed E-state index contributed by atoms with van der Waals surface area (Å²) in [5, 5.41) is 13.4. The Morgan fingerprint density at radius 2 is 1.74 bits per heavy atom. The van der Waals surface area contributed by atoms with Crippen molar-refractivity contribution >= 4 is 17.8 Å². The molecular formula is C15H20N2O6. The summed E-state index contributed by atoms with van der Waals surface area (Å²) in [6.45, 7) is 0.0422. The first-order valence-corrected chi connectivity index (χ1v) is 6.92. The SMILES string of the molecule is COc1ccc(CNC(=O)NCC(=O)CCC(=O)O)cc1OC. The Balaban J connectivity index is 2.38. The van der Waals surface area contributed by atoms with Crippen LogP contribution in [0.1, 0.15) is 18.4 Å². The third kappa shape index (κ3) is 6.68. The molecule has 0 fully saturated rings. The number of amides is 2. The Kier molecular flexibility index (Phi) is 7.38. The molecule has 1 rings (SSSR count). The zero-order chi connectivity index (χ0) is 17.2. The third-order valence-corrected chi connectivity index (χ3v) is 2.96. The second-order valence-electron chi connectivity index (χ2n) is 4.66. The molecule has 0 aromatic heterocycles. The molecule has 1 aromatic rings. The Morgan fingerprint density at radius 3 is 2.35 bits per heavy atom. The van der Waals surface area contributed by atoms with Gasteiger partial charge in [-0.2, -0.15) is 0 Å². The second-order valence-corrected chi connectivity index (χ2v) is 4.66. The normalized spacial score (nSPS) is 9.83. The number of carboxylic acid groups (broad SMARTS) is 1. The van der Waals surface area contributed by atoms with Crippen LogP contribution in [-0.4, -0.2) is 43.7 Å². The molecule has 0 atom stereocenters. The van der Waals surface area contributed by atoms with Crippen molar-refractivity contribution in [2.24, 2.45) is 0 Å². The van der Waals surface area contributed by atoms with Crippen molar-refractivity contribution in [1.29, 1.82) is 0 Å². The van der Waals surface area contributed by atoms with E-state index in [2.05, 4.69) is 10.6 Å². The Labute approximate surface area is 133 Å². The summed E-state index contributed by atoms with van der Waals surface area (Å²) < 4.78 is 10.3. The highest BCUT2D eigenvalue weighted by molar-refractivity contribution is 5.87. The van der Waals surface area contributed by atoms with E-state index in [1.165, 1.54) is 14.2 Å². The minimum atomic E-state index is -1.05. The summed E-state index contributed by atoms with van der Waals surface area (Å²) in [5.74, 6) is -0.245. The molecule has 0 aliphatic carbocycles. The van der Waals surface area contributed by atoms with E-state index in [0.29, 0.717) is 11.5 Å². The molecule has 0 spiro atoms. The number of carboxylic acids is 1. The Bertz CT molecular complexity index is 573. The van der Waals surface area contributed by atoms with Crippen molar-refractivity contribution in [3.8, 4) is 11.5 Å². The van der Waals surface area contributed by atoms with Crippen LogP contribution < -0.4 is 20.1 Å². The molecule has 0 saturated carbocycles. The van der Waals surface area contributed by atoms with Crippen molar-refractivity contribution in [3.05, 3.63) is 23.8 Å². The molecule has 2 amide bonds. The molecular weight excluding hydrogens is 304 g/mol. The molecule has 1 aromatic carbocycles. The minimum absolute atomic E-state index is 0.106. The highest BCUT2D eigenvalue weighted by atomic mass is 16.5. The molecule has 0 heterocycles. The molecule has 0 aliphatic heterocycles. The van der Waals surface area contributed by atoms with Gasteiger partial charge in [0.15, 0.2) is 17.3 Å². The molecule has 0 saturated heterocycles. The molecule has 0 unspecified atom stereocenters. The lowest BCUT2D eigenvalue weighted by molar-refractivity contribution is -0.138. The van der Waals surface area contributed by atoms with Gasteiger partial charge in [-0.1, -0.05) is 6.07 Å². The van der Waals surface area contributed by atoms with Gasteiger partial charge >= 0.3 is 12.0 Å². The van der Waals surface area contributed by atoms with Gasteiger partial charge in [-0.05, 0) is 17.7 Å². The van der Waals surface area contributed by atoms with Crippen molar-refractivity contribution < 1.29 is 29.0 Å². The molecule has 23 heavy (non-hydrogen) atoms. The maximum absolute atomic E-state index is 11.6. The number of carbonyl (C=O) groups excluding carboxylic acids is 2. The quantitative estimate of drug-likeness (QED) is 0.623. The number of Topliss-reactive ketones (excluding diaryl/α,β-unsaturated/α-hetero) is 1. The summed E-state index contributed by atoms with van der Waals surface area (Å²) >= 11 is 0. The van der Waals surface area contributed by atoms with Crippen LogP contribution in [0.4, 0.5) is 4.79 Å². The fourth-order valence-corrected chi connectivity index (χ4v) is 1.75. The van der Waals surface area contributed by atoms with Crippen LogP contribution in [0.5, 0.6) is 11.5 Å². The summed E-state index contributed by atoms with van der Waals surface area (Å²) in [7, 11) is 3.05. The number of carbonyl (C=O) groups is 3. The monoisotopic (exact) mass is 324 g/mol. The molecule has 126 valence electrons. The average Bonchev–Trinajstić information content (AvgIpc) is 2.55. The predicted octanol–water partition coefficient (Wildman–Crippen LogP) is 0.937. The zero-order valence-electron chi connectivity index (χ0n) is 13.0. The molecule has 0 bridgehead atoms. The number of hydrogen-bond donors (Lipinski definition) is 3. The lowest BCUT2D eigenvalue weighted by atomic mass is 10.2. The van der Waals surface area contributed by atoms with Gasteiger partial charge in [0.2, 0.25) is 0 Å². The van der Waals surface area contributed by atoms with E-state index in [0.717, 1.165) is 5.56 Å². The summed E-state index contributed by atoms with van der Waals surface area (Å²) in [6.07, 6.45) is -0.348. The van der Waals surface area contributed by atoms with Crippen LogP contribution in [0.2, 0.25) is 0 Å². The number of hydrogen-bond acceptors (Lipinski definition) is 5. The number of methoxy groups -OCH3 is 2.